The number of hydrogen-bond acceptors (Lipinski definition) is 2. The second-order valence-corrected chi connectivity index (χ2v) is 2.05. The minimum atomic E-state index is -0.421. The number of nitrogens with two attached hydrogens (primary N) is 1. The molecule has 0 spiro atoms. The number of hydrogen-bond donors (Lipinski definition) is 1. The Kier molecular flexibility index (Phi) is 4.91. The van der Waals surface area contributed by atoms with Crippen LogP contribution >= 0.6 is 11.8 Å². The summed E-state index contributed by atoms with van der Waals surface area (Å²) in [6.45, 7) is 0. The highest BCUT2D eigenvalue weighted by atomic mass is 32.2. The molecule has 0 rings (SSSR count). The van der Waals surface area contributed by atoms with E-state index >= 15 is 0 Å². The predicted octanol–water partition coefficient (Wildman–Crippen LogP) is 0.676. The van der Waals surface area contributed by atoms with Gasteiger partial charge in [-0.05, 0) is 17.2 Å². The second kappa shape index (κ2) is 5.37. The van der Waals surface area contributed by atoms with Gasteiger partial charge in [0, 0.05) is 6.08 Å². The van der Waals surface area contributed by atoms with Gasteiger partial charge in [0.2, 0.25) is 0 Å². The molecule has 0 saturated carbocycles. The molecule has 0 aliphatic heterocycles. The van der Waals surface area contributed by atoms with Crippen LogP contribution in [0.25, 0.3) is 0 Å². The third-order valence-electron chi connectivity index (χ3n) is 0.477. The van der Waals surface area contributed by atoms with E-state index in [1.165, 1.54) is 13.4 Å². The number of allylic oxidation sites excluding steroid dienone is 1. The van der Waals surface area contributed by atoms with E-state index in [9.17, 15) is 4.79 Å². The molecule has 3 nitrogen and oxygen atoms in total. The zero-order valence-electron chi connectivity index (χ0n) is 5.03. The number of carbonyl (C=O) groups is 1. The van der Waals surface area contributed by atoms with Gasteiger partial charge in [-0.25, -0.2) is 0 Å². The Morgan fingerprint density at radius 3 is 2.89 bits per heavy atom. The summed E-state index contributed by atoms with van der Waals surface area (Å²) in [5, 5.41) is 1.13. The van der Waals surface area contributed by atoms with E-state index in [1.807, 2.05) is 0 Å². The van der Waals surface area contributed by atoms with Crippen LogP contribution in [-0.2, 0) is 4.42 Å². The summed E-state index contributed by atoms with van der Waals surface area (Å²) in [6.07, 6.45) is 3.05. The number of rotatable bonds is 2. The summed E-state index contributed by atoms with van der Waals surface area (Å²) in [7, 11) is 1.53. The van der Waals surface area contributed by atoms with Crippen molar-refractivity contribution >= 4 is 23.3 Å². The van der Waals surface area contributed by atoms with Crippen molar-refractivity contribution in [3.05, 3.63) is 11.5 Å². The van der Waals surface area contributed by atoms with Crippen molar-refractivity contribution in [3.63, 3.8) is 0 Å². The summed E-state index contributed by atoms with van der Waals surface area (Å²) in [5.41, 5.74) is 4.79. The maximum Gasteiger partial charge on any atom is 0.308 e. The second-order valence-electron chi connectivity index (χ2n) is 1.14. The fourth-order valence-corrected chi connectivity index (χ4v) is 0.494. The van der Waals surface area contributed by atoms with Crippen LogP contribution in [0.1, 0.15) is 0 Å². The summed E-state index contributed by atoms with van der Waals surface area (Å²) < 4.78 is 4.55. The van der Waals surface area contributed by atoms with Crippen molar-refractivity contribution in [3.8, 4) is 0 Å². The molecule has 0 bridgehead atoms. The average molecular weight is 146 g/mol. The van der Waals surface area contributed by atoms with E-state index in [0.717, 1.165) is 11.8 Å². The van der Waals surface area contributed by atoms with Crippen LogP contribution in [0.4, 0.5) is 4.79 Å². The zero-order valence-corrected chi connectivity index (χ0v) is 5.85. The zero-order chi connectivity index (χ0) is 7.11. The van der Waals surface area contributed by atoms with Crippen LogP contribution in [0.3, 0.4) is 0 Å². The first-order chi connectivity index (χ1) is 4.27. The number of amides is 1. The van der Waals surface area contributed by atoms with Crippen molar-refractivity contribution in [2.45, 2.75) is 0 Å². The van der Waals surface area contributed by atoms with Crippen LogP contribution < -0.4 is 5.73 Å². The molecule has 0 saturated heterocycles. The molecule has 0 atom stereocenters. The molecule has 0 aromatic rings. The summed E-state index contributed by atoms with van der Waals surface area (Å²) in [6, 6.07) is 0. The normalized spacial score (nSPS) is 11.2. The maximum atomic E-state index is 10.0. The molecule has 0 fully saturated rings. The standard InChI is InChI=1S/C5H7NO2S/c1-8-3-2-4-9-5(6)7/h2-4H,1H3,(H-,6,7)/p+1. The van der Waals surface area contributed by atoms with Crippen molar-refractivity contribution in [2.75, 3.05) is 7.11 Å². The minimum absolute atomic E-state index is 0.421. The van der Waals surface area contributed by atoms with Gasteiger partial charge in [0.25, 0.3) is 12.3 Å². The van der Waals surface area contributed by atoms with Crippen LogP contribution in [0.2, 0.25) is 0 Å². The minimum Gasteiger partial charge on any atom is -0.360 e. The van der Waals surface area contributed by atoms with E-state index in [2.05, 4.69) is 4.42 Å². The highest BCUT2D eigenvalue weighted by molar-refractivity contribution is 8.16. The monoisotopic (exact) mass is 146 g/mol. The molecule has 0 aliphatic rings. The van der Waals surface area contributed by atoms with Gasteiger partial charge in [0.15, 0.2) is 0 Å². The van der Waals surface area contributed by atoms with Gasteiger partial charge in [-0.15, -0.1) is 0 Å². The molecule has 2 N–H and O–H groups in total. The number of primary amides is 1. The van der Waals surface area contributed by atoms with Crippen LogP contribution in [-0.4, -0.2) is 18.6 Å². The lowest BCUT2D eigenvalue weighted by atomic mass is 10.7. The molecule has 0 unspecified atom stereocenters. The van der Waals surface area contributed by atoms with Gasteiger partial charge in [0.05, 0.1) is 0 Å². The Balaban J connectivity index is 3.36. The first kappa shape index (κ1) is 8.23. The van der Waals surface area contributed by atoms with Gasteiger partial charge >= 0.3 is 6.29 Å². The maximum absolute atomic E-state index is 10.0. The molecule has 1 amide bonds. The van der Waals surface area contributed by atoms with Gasteiger partial charge in [-0.3, -0.25) is 9.22 Å². The van der Waals surface area contributed by atoms with Gasteiger partial charge < -0.3 is 5.73 Å². The molecule has 50 valence electrons. The van der Waals surface area contributed by atoms with Crippen LogP contribution in [0.15, 0.2) is 11.5 Å². The largest absolute Gasteiger partial charge is 0.360 e. The van der Waals surface area contributed by atoms with E-state index in [4.69, 9.17) is 5.73 Å². The topological polar surface area (TPSA) is 54.4 Å². The third kappa shape index (κ3) is 7.23. The quantitative estimate of drug-likeness (QED) is 0.354. The fraction of sp³-hybridized carbons (Fsp3) is 0.200. The molecule has 0 radical (unpaired) electrons. The van der Waals surface area contributed by atoms with Crippen molar-refractivity contribution in [2.24, 2.45) is 5.73 Å². The molecule has 4 heteroatoms. The highest BCUT2D eigenvalue weighted by Crippen LogP contribution is 1.98. The van der Waals surface area contributed by atoms with Gasteiger partial charge in [0.1, 0.15) is 0 Å². The lowest BCUT2D eigenvalue weighted by molar-refractivity contribution is -0.413. The van der Waals surface area contributed by atoms with E-state index in [0.29, 0.717) is 0 Å². The van der Waals surface area contributed by atoms with Crippen molar-refractivity contribution in [1.29, 1.82) is 0 Å². The lowest BCUT2D eigenvalue weighted by Crippen LogP contribution is -1.99. The van der Waals surface area contributed by atoms with Gasteiger partial charge in [-0.2, -0.15) is 0 Å². The van der Waals surface area contributed by atoms with Crippen LogP contribution in [0, 0.1) is 0 Å². The lowest BCUT2D eigenvalue weighted by Gasteiger charge is -1.77. The summed E-state index contributed by atoms with van der Waals surface area (Å²) >= 11 is 0.918. The average Bonchev–Trinajstić information content (AvgIpc) is 1.80. The van der Waals surface area contributed by atoms with Crippen molar-refractivity contribution in [1.82, 2.24) is 0 Å². The Hall–Kier alpha value is -0.770. The third-order valence-corrected chi connectivity index (χ3v) is 1.00. The fourth-order valence-electron chi connectivity index (χ4n) is 0.217. The summed E-state index contributed by atoms with van der Waals surface area (Å²) in [4.78, 5) is 10.0. The molecule has 9 heavy (non-hydrogen) atoms. The van der Waals surface area contributed by atoms with E-state index < -0.39 is 5.24 Å². The SMILES string of the molecule is C[O+]=CC=CSC(N)=O. The first-order valence-electron chi connectivity index (χ1n) is 2.24. The number of thioether (sulfide) groups is 1. The Morgan fingerprint density at radius 2 is 2.44 bits per heavy atom. The summed E-state index contributed by atoms with van der Waals surface area (Å²) in [5.74, 6) is 0. The molecular weight excluding hydrogens is 138 g/mol. The Bertz CT molecular complexity index is 142. The van der Waals surface area contributed by atoms with E-state index in [-0.39, 0.29) is 0 Å². The predicted molar refractivity (Wildman–Crippen MR) is 38.3 cm³/mol. The molecule has 0 aromatic carbocycles. The molecule has 0 aliphatic carbocycles. The smallest absolute Gasteiger partial charge is 0.308 e. The van der Waals surface area contributed by atoms with Gasteiger partial charge in [-0.1, -0.05) is 0 Å². The van der Waals surface area contributed by atoms with Crippen LogP contribution in [0.5, 0.6) is 0 Å². The Labute approximate surface area is 57.6 Å². The van der Waals surface area contributed by atoms with E-state index in [1.54, 1.807) is 11.5 Å². The number of aldehydes is 1. The molecule has 0 heterocycles. The molecule has 0 aromatic heterocycles. The van der Waals surface area contributed by atoms with Crippen molar-refractivity contribution < 1.29 is 9.22 Å². The first-order valence-corrected chi connectivity index (χ1v) is 3.12. The highest BCUT2D eigenvalue weighted by Gasteiger charge is 1.85. The molecular formula is C5H8NO2S+. The number of carbonyl (C=O) groups excluding carboxylic acids is 2. The Morgan fingerprint density at radius 1 is 1.78 bits per heavy atom.